The minimum atomic E-state index is -0.749. The van der Waals surface area contributed by atoms with Crippen molar-refractivity contribution in [3.63, 3.8) is 0 Å². The van der Waals surface area contributed by atoms with Crippen LogP contribution in [0.5, 0.6) is 0 Å². The lowest BCUT2D eigenvalue weighted by Crippen LogP contribution is -2.11. The lowest BCUT2D eigenvalue weighted by atomic mass is 10.1. The molecule has 0 spiro atoms. The Morgan fingerprint density at radius 2 is 1.81 bits per heavy atom. The summed E-state index contributed by atoms with van der Waals surface area (Å²) in [5, 5.41) is 8.49. The standard InChI is InChI=1S/C8H15BrO2.C4H10S/c1-2-3-4-5-6-7(9)8(10)11;1-4(2)3-5/h7H,2-6H2,1H3,(H,10,11);4-5H,3H2,1-2H3. The fourth-order valence-corrected chi connectivity index (χ4v) is 1.20. The van der Waals surface area contributed by atoms with Gasteiger partial charge < -0.3 is 5.11 Å². The van der Waals surface area contributed by atoms with E-state index >= 15 is 0 Å². The van der Waals surface area contributed by atoms with E-state index in [9.17, 15) is 4.79 Å². The number of hydrogen-bond donors (Lipinski definition) is 2. The third-order valence-electron chi connectivity index (χ3n) is 1.94. The van der Waals surface area contributed by atoms with Crippen molar-refractivity contribution in [3.8, 4) is 0 Å². The van der Waals surface area contributed by atoms with E-state index in [-0.39, 0.29) is 4.83 Å². The average Bonchev–Trinajstić information content (AvgIpc) is 2.24. The van der Waals surface area contributed by atoms with E-state index < -0.39 is 5.97 Å². The van der Waals surface area contributed by atoms with Crippen LogP contribution in [0.15, 0.2) is 0 Å². The van der Waals surface area contributed by atoms with Gasteiger partial charge in [-0.3, -0.25) is 4.79 Å². The molecule has 4 heteroatoms. The number of thiol groups is 1. The highest BCUT2D eigenvalue weighted by atomic mass is 79.9. The molecule has 1 N–H and O–H groups in total. The number of alkyl halides is 1. The smallest absolute Gasteiger partial charge is 0.317 e. The van der Waals surface area contributed by atoms with Crippen molar-refractivity contribution in [3.05, 3.63) is 0 Å². The van der Waals surface area contributed by atoms with Crippen molar-refractivity contribution in [1.82, 2.24) is 0 Å². The van der Waals surface area contributed by atoms with E-state index in [1.165, 1.54) is 12.8 Å². The molecule has 1 atom stereocenters. The predicted molar refractivity (Wildman–Crippen MR) is 77.8 cm³/mol. The lowest BCUT2D eigenvalue weighted by Gasteiger charge is -2.02. The topological polar surface area (TPSA) is 37.3 Å². The van der Waals surface area contributed by atoms with Crippen LogP contribution < -0.4 is 0 Å². The van der Waals surface area contributed by atoms with E-state index in [0.29, 0.717) is 0 Å². The summed E-state index contributed by atoms with van der Waals surface area (Å²) < 4.78 is 0. The van der Waals surface area contributed by atoms with E-state index in [4.69, 9.17) is 5.11 Å². The first-order valence-electron chi connectivity index (χ1n) is 5.93. The Morgan fingerprint density at radius 1 is 1.31 bits per heavy atom. The van der Waals surface area contributed by atoms with E-state index in [1.807, 2.05) is 0 Å². The van der Waals surface area contributed by atoms with Crippen molar-refractivity contribution in [1.29, 1.82) is 0 Å². The van der Waals surface area contributed by atoms with Gasteiger partial charge in [-0.1, -0.05) is 62.4 Å². The van der Waals surface area contributed by atoms with Crippen molar-refractivity contribution >= 4 is 34.5 Å². The number of carboxylic acid groups (broad SMARTS) is 1. The third kappa shape index (κ3) is 16.7. The summed E-state index contributed by atoms with van der Waals surface area (Å²) >= 11 is 7.11. The third-order valence-corrected chi connectivity index (χ3v) is 3.52. The maximum Gasteiger partial charge on any atom is 0.317 e. The van der Waals surface area contributed by atoms with Gasteiger partial charge in [-0.15, -0.1) is 0 Å². The van der Waals surface area contributed by atoms with Gasteiger partial charge in [0.05, 0.1) is 0 Å². The van der Waals surface area contributed by atoms with Crippen LogP contribution in [0.25, 0.3) is 0 Å². The summed E-state index contributed by atoms with van der Waals surface area (Å²) in [5.74, 6) is 1.000. The molecule has 1 unspecified atom stereocenters. The molecule has 0 saturated heterocycles. The number of hydrogen-bond acceptors (Lipinski definition) is 2. The van der Waals surface area contributed by atoms with Crippen molar-refractivity contribution in [2.75, 3.05) is 5.75 Å². The van der Waals surface area contributed by atoms with Crippen LogP contribution in [0.4, 0.5) is 0 Å². The van der Waals surface area contributed by atoms with E-state index in [0.717, 1.165) is 30.9 Å². The molecule has 0 amide bonds. The van der Waals surface area contributed by atoms with Gasteiger partial charge in [-0.05, 0) is 18.1 Å². The molecule has 0 heterocycles. The Balaban J connectivity index is 0. The van der Waals surface area contributed by atoms with E-state index in [2.05, 4.69) is 49.3 Å². The highest BCUT2D eigenvalue weighted by Crippen LogP contribution is 2.11. The highest BCUT2D eigenvalue weighted by Gasteiger charge is 2.11. The van der Waals surface area contributed by atoms with Crippen LogP contribution in [0.2, 0.25) is 0 Å². The molecule has 16 heavy (non-hydrogen) atoms. The summed E-state index contributed by atoms with van der Waals surface area (Å²) in [4.78, 5) is 9.97. The normalized spacial score (nSPS) is 11.9. The molecule has 0 saturated carbocycles. The minimum absolute atomic E-state index is 0.348. The molecule has 0 aliphatic rings. The van der Waals surface area contributed by atoms with Crippen LogP contribution in [0, 0.1) is 5.92 Å². The molecule has 0 aliphatic carbocycles. The van der Waals surface area contributed by atoms with Gasteiger partial charge in [0.25, 0.3) is 0 Å². The summed E-state index contributed by atoms with van der Waals surface area (Å²) in [7, 11) is 0. The molecule has 0 aliphatic heterocycles. The maximum absolute atomic E-state index is 10.3. The molecule has 0 rings (SSSR count). The molecule has 0 aromatic rings. The number of aliphatic carboxylic acids is 1. The van der Waals surface area contributed by atoms with Gasteiger partial charge in [0.2, 0.25) is 0 Å². The zero-order valence-corrected chi connectivity index (χ0v) is 13.1. The molecular weight excluding hydrogens is 288 g/mol. The Bertz CT molecular complexity index is 163. The quantitative estimate of drug-likeness (QED) is 0.416. The molecule has 0 aromatic carbocycles. The van der Waals surface area contributed by atoms with Crippen LogP contribution in [-0.4, -0.2) is 21.7 Å². The second-order valence-corrected chi connectivity index (χ2v) is 5.70. The Kier molecular flexibility index (Phi) is 15.6. The monoisotopic (exact) mass is 312 g/mol. The molecule has 0 aromatic heterocycles. The second-order valence-electron chi connectivity index (χ2n) is 4.23. The van der Waals surface area contributed by atoms with Crippen LogP contribution in [0.1, 0.15) is 52.9 Å². The van der Waals surface area contributed by atoms with Crippen molar-refractivity contribution < 1.29 is 9.90 Å². The maximum atomic E-state index is 10.3. The first kappa shape index (κ1) is 18.7. The van der Waals surface area contributed by atoms with Gasteiger partial charge in [-0.25, -0.2) is 0 Å². The molecule has 2 nitrogen and oxygen atoms in total. The van der Waals surface area contributed by atoms with Crippen molar-refractivity contribution in [2.24, 2.45) is 5.92 Å². The van der Waals surface area contributed by atoms with Gasteiger partial charge in [0.1, 0.15) is 4.83 Å². The van der Waals surface area contributed by atoms with Gasteiger partial charge in [-0.2, -0.15) is 12.6 Å². The van der Waals surface area contributed by atoms with E-state index in [1.54, 1.807) is 0 Å². The van der Waals surface area contributed by atoms with Crippen LogP contribution in [0.3, 0.4) is 0 Å². The average molecular weight is 313 g/mol. The number of carboxylic acids is 1. The summed E-state index contributed by atoms with van der Waals surface area (Å²) in [6.45, 7) is 6.43. The first-order chi connectivity index (χ1) is 7.45. The minimum Gasteiger partial charge on any atom is -0.480 e. The largest absolute Gasteiger partial charge is 0.480 e. The van der Waals surface area contributed by atoms with Gasteiger partial charge >= 0.3 is 5.97 Å². The van der Waals surface area contributed by atoms with Crippen LogP contribution >= 0.6 is 28.6 Å². The summed E-state index contributed by atoms with van der Waals surface area (Å²) in [5.41, 5.74) is 0. The zero-order valence-electron chi connectivity index (χ0n) is 10.6. The van der Waals surface area contributed by atoms with Crippen LogP contribution in [-0.2, 0) is 4.79 Å². The number of unbranched alkanes of at least 4 members (excludes halogenated alkanes) is 3. The molecular formula is C12H25BrO2S. The Labute approximate surface area is 114 Å². The first-order valence-corrected chi connectivity index (χ1v) is 7.48. The predicted octanol–water partition coefficient (Wildman–Crippen LogP) is 4.38. The highest BCUT2D eigenvalue weighted by molar-refractivity contribution is 9.10. The molecule has 0 bridgehead atoms. The Hall–Kier alpha value is 0.300. The fraction of sp³-hybridized carbons (Fsp3) is 0.917. The number of halogens is 1. The van der Waals surface area contributed by atoms with Gasteiger partial charge in [0, 0.05) is 0 Å². The summed E-state index contributed by atoms with van der Waals surface area (Å²) in [6, 6.07) is 0. The fourth-order valence-electron chi connectivity index (χ4n) is 0.874. The van der Waals surface area contributed by atoms with Gasteiger partial charge in [0.15, 0.2) is 0 Å². The molecule has 0 radical (unpaired) electrons. The number of rotatable bonds is 7. The second kappa shape index (κ2) is 13.4. The van der Waals surface area contributed by atoms with Crippen molar-refractivity contribution in [2.45, 2.75) is 57.7 Å². The zero-order chi connectivity index (χ0) is 13.0. The SMILES string of the molecule is CC(C)CS.CCCCCCC(Br)C(=O)O. The molecule has 0 fully saturated rings. The Morgan fingerprint density at radius 3 is 2.12 bits per heavy atom. The summed E-state index contributed by atoms with van der Waals surface area (Å²) in [6.07, 6.45) is 5.30. The molecule has 98 valence electrons. The lowest BCUT2D eigenvalue weighted by molar-refractivity contribution is -0.136. The number of carbonyl (C=O) groups is 1.